The van der Waals surface area contributed by atoms with Crippen LogP contribution in [0.5, 0.6) is 0 Å². The molecule has 0 spiro atoms. The normalized spacial score (nSPS) is 14.0. The van der Waals surface area contributed by atoms with Crippen LogP contribution in [-0.4, -0.2) is 104 Å². The Hall–Kier alpha value is -7.73. The van der Waals surface area contributed by atoms with Gasteiger partial charge in [-0.2, -0.15) is 0 Å². The predicted molar refractivity (Wildman–Crippen MR) is 252 cm³/mol. The molecule has 3 aromatic rings. The molecule has 0 aromatic heterocycles. The van der Waals surface area contributed by atoms with Gasteiger partial charge in [-0.25, -0.2) is 28.8 Å². The van der Waals surface area contributed by atoms with Crippen molar-refractivity contribution in [2.45, 2.75) is 111 Å². The minimum Gasteiger partial charge on any atom is -0.467 e. The van der Waals surface area contributed by atoms with Gasteiger partial charge < -0.3 is 54.6 Å². The monoisotopic (exact) mass is 951 g/mol. The number of nitrogens with one attached hydrogen (secondary N) is 4. The molecule has 3 aromatic carbocycles. The fourth-order valence-electron chi connectivity index (χ4n) is 6.73. The fraction of sp³-hybridized carbons (Fsp3) is 0.431. The van der Waals surface area contributed by atoms with Crippen molar-refractivity contribution in [2.75, 3.05) is 34.0 Å². The number of benzene rings is 3. The SMILES string of the molecule is COC(=O)c1cc(C#CCOC(=O)NCc2cccc(CNC(=O)OC(C)(C)C)c2)c(C)c(C#CCOC(=O)NC2CC(C(=O)OC)N(C(=O)CCc3ccc(CNC(=O)OC(C)(C)C)cc3)C2)c1. The molecule has 1 aliphatic rings. The maximum Gasteiger partial charge on any atom is 0.408 e. The lowest BCUT2D eigenvalue weighted by Gasteiger charge is -2.22. The standard InChI is InChI=1S/C51H61N5O13/c1-33-38(15-11-23-66-46(60)52-30-36-13-10-14-37(25-36)31-54-48(62)69-51(5,6)7)26-40(44(58)64-8)27-39(33)16-12-24-67-49(63)55-41-28-42(45(59)65-9)56(32-41)43(57)22-21-34-17-19-35(20-18-34)29-53-47(61)68-50(2,3)4/h10,13-14,17-20,25-27,41-42H,21-24,28-32H2,1-9H3,(H,52,60)(H,53,61)(H,54,62)(H,55,63). The van der Waals surface area contributed by atoms with E-state index in [0.717, 1.165) is 22.3 Å². The van der Waals surface area contributed by atoms with Crippen molar-refractivity contribution in [1.82, 2.24) is 26.2 Å². The van der Waals surface area contributed by atoms with Gasteiger partial charge in [0.05, 0.1) is 25.8 Å². The smallest absolute Gasteiger partial charge is 0.408 e. The molecule has 1 aliphatic heterocycles. The average Bonchev–Trinajstić information content (AvgIpc) is 3.72. The molecule has 2 atom stereocenters. The number of hydrogen-bond donors (Lipinski definition) is 4. The van der Waals surface area contributed by atoms with Crippen LogP contribution < -0.4 is 21.3 Å². The minimum atomic E-state index is -0.905. The molecule has 0 aliphatic carbocycles. The summed E-state index contributed by atoms with van der Waals surface area (Å²) < 4.78 is 30.9. The van der Waals surface area contributed by atoms with Gasteiger partial charge in [0.2, 0.25) is 5.91 Å². The van der Waals surface area contributed by atoms with Crippen LogP contribution in [0.4, 0.5) is 19.2 Å². The Kier molecular flexibility index (Phi) is 19.8. The van der Waals surface area contributed by atoms with Crippen LogP contribution in [0.15, 0.2) is 60.7 Å². The van der Waals surface area contributed by atoms with Gasteiger partial charge in [-0.15, -0.1) is 0 Å². The van der Waals surface area contributed by atoms with Crippen molar-refractivity contribution in [3.8, 4) is 23.7 Å². The molecule has 0 saturated carbocycles. The van der Waals surface area contributed by atoms with Crippen LogP contribution in [0.3, 0.4) is 0 Å². The number of ether oxygens (including phenoxy) is 6. The quantitative estimate of drug-likeness (QED) is 0.0832. The maximum absolute atomic E-state index is 13.4. The van der Waals surface area contributed by atoms with Gasteiger partial charge in [0, 0.05) is 50.1 Å². The van der Waals surface area contributed by atoms with E-state index in [1.54, 1.807) is 54.5 Å². The topological polar surface area (TPSA) is 226 Å². The minimum absolute atomic E-state index is 0.0557. The van der Waals surface area contributed by atoms with E-state index in [2.05, 4.69) is 44.9 Å². The molecule has 0 radical (unpaired) electrons. The largest absolute Gasteiger partial charge is 0.467 e. The van der Waals surface area contributed by atoms with Crippen LogP contribution in [0.2, 0.25) is 0 Å². The number of rotatable bonds is 14. The van der Waals surface area contributed by atoms with Crippen molar-refractivity contribution in [2.24, 2.45) is 0 Å². The van der Waals surface area contributed by atoms with E-state index >= 15 is 0 Å². The first-order valence-electron chi connectivity index (χ1n) is 22.1. The summed E-state index contributed by atoms with van der Waals surface area (Å²) >= 11 is 0. The number of hydrogen-bond acceptors (Lipinski definition) is 13. The second-order valence-electron chi connectivity index (χ2n) is 17.8. The van der Waals surface area contributed by atoms with Gasteiger partial charge in [0.1, 0.15) is 17.2 Å². The highest BCUT2D eigenvalue weighted by Gasteiger charge is 2.40. The molecule has 69 heavy (non-hydrogen) atoms. The van der Waals surface area contributed by atoms with Crippen LogP contribution in [-0.2, 0) is 64.1 Å². The van der Waals surface area contributed by atoms with Gasteiger partial charge in [0.15, 0.2) is 13.2 Å². The van der Waals surface area contributed by atoms with E-state index in [9.17, 15) is 33.6 Å². The average molecular weight is 952 g/mol. The summed E-state index contributed by atoms with van der Waals surface area (Å²) in [6.45, 7) is 12.5. The molecular formula is C51H61N5O13. The van der Waals surface area contributed by atoms with E-state index in [1.165, 1.54) is 31.3 Å². The number of carbonyl (C=O) groups excluding carboxylic acids is 7. The molecule has 2 unspecified atom stereocenters. The summed E-state index contributed by atoms with van der Waals surface area (Å²) in [7, 11) is 2.47. The maximum atomic E-state index is 13.4. The summed E-state index contributed by atoms with van der Waals surface area (Å²) in [5.74, 6) is 9.81. The summed E-state index contributed by atoms with van der Waals surface area (Å²) in [6, 6.07) is 16.2. The lowest BCUT2D eigenvalue weighted by molar-refractivity contribution is -0.150. The van der Waals surface area contributed by atoms with Crippen molar-refractivity contribution in [3.05, 3.63) is 105 Å². The summed E-state index contributed by atoms with van der Waals surface area (Å²) in [6.07, 6.45) is -1.98. The molecule has 368 valence electrons. The van der Waals surface area contributed by atoms with Gasteiger partial charge in [-0.1, -0.05) is 72.2 Å². The third-order valence-corrected chi connectivity index (χ3v) is 9.99. The Morgan fingerprint density at radius 2 is 1.16 bits per heavy atom. The number of esters is 2. The Morgan fingerprint density at radius 1 is 0.652 bits per heavy atom. The molecule has 1 saturated heterocycles. The Morgan fingerprint density at radius 3 is 1.68 bits per heavy atom. The van der Waals surface area contributed by atoms with E-state index in [0.29, 0.717) is 23.1 Å². The molecule has 4 N–H and O–H groups in total. The van der Waals surface area contributed by atoms with Crippen molar-refractivity contribution >= 4 is 42.2 Å². The van der Waals surface area contributed by atoms with Crippen LogP contribution in [0, 0.1) is 30.6 Å². The summed E-state index contributed by atoms with van der Waals surface area (Å²) in [5.41, 5.74) is 3.69. The van der Waals surface area contributed by atoms with E-state index < -0.39 is 59.6 Å². The zero-order valence-corrected chi connectivity index (χ0v) is 40.5. The zero-order valence-electron chi connectivity index (χ0n) is 40.5. The fourth-order valence-corrected chi connectivity index (χ4v) is 6.73. The van der Waals surface area contributed by atoms with Crippen LogP contribution >= 0.6 is 0 Å². The molecule has 18 heteroatoms. The highest BCUT2D eigenvalue weighted by Crippen LogP contribution is 2.22. The first kappa shape index (κ1) is 53.9. The number of methoxy groups -OCH3 is 2. The second kappa shape index (κ2) is 25.4. The molecule has 1 fully saturated rings. The number of nitrogens with zero attached hydrogens (tertiary/aromatic N) is 1. The summed E-state index contributed by atoms with van der Waals surface area (Å²) in [4.78, 5) is 89.2. The van der Waals surface area contributed by atoms with Crippen molar-refractivity contribution in [1.29, 1.82) is 0 Å². The molecule has 4 rings (SSSR count). The molecule has 1 heterocycles. The number of likely N-dealkylation sites (tertiary alicyclic amines) is 1. The van der Waals surface area contributed by atoms with E-state index in [1.807, 2.05) is 42.5 Å². The molecule has 5 amide bonds. The van der Waals surface area contributed by atoms with Crippen molar-refractivity contribution < 1.29 is 62.0 Å². The first-order chi connectivity index (χ1) is 32.6. The van der Waals surface area contributed by atoms with Crippen molar-refractivity contribution in [3.63, 3.8) is 0 Å². The second-order valence-corrected chi connectivity index (χ2v) is 17.8. The molecule has 18 nitrogen and oxygen atoms in total. The lowest BCUT2D eigenvalue weighted by atomic mass is 9.99. The van der Waals surface area contributed by atoms with E-state index in [-0.39, 0.29) is 63.7 Å². The number of carbonyl (C=O) groups is 7. The van der Waals surface area contributed by atoms with Crippen LogP contribution in [0.25, 0.3) is 0 Å². The van der Waals surface area contributed by atoms with Gasteiger partial charge >= 0.3 is 36.3 Å². The Labute approximate surface area is 402 Å². The third-order valence-electron chi connectivity index (χ3n) is 9.99. The zero-order chi connectivity index (χ0) is 50.7. The van der Waals surface area contributed by atoms with Gasteiger partial charge in [-0.05, 0) is 94.8 Å². The van der Waals surface area contributed by atoms with E-state index in [4.69, 9.17) is 28.4 Å². The number of aryl methyl sites for hydroxylation is 1. The van der Waals surface area contributed by atoms with Gasteiger partial charge in [-0.3, -0.25) is 4.79 Å². The highest BCUT2D eigenvalue weighted by atomic mass is 16.6. The van der Waals surface area contributed by atoms with Gasteiger partial charge in [0.25, 0.3) is 0 Å². The Balaban J connectivity index is 1.27. The summed E-state index contributed by atoms with van der Waals surface area (Å²) in [5, 5.41) is 10.8. The molecule has 0 bridgehead atoms. The lowest BCUT2D eigenvalue weighted by Crippen LogP contribution is -2.42. The highest BCUT2D eigenvalue weighted by molar-refractivity contribution is 5.90. The van der Waals surface area contributed by atoms with Crippen LogP contribution in [0.1, 0.15) is 104 Å². The first-order valence-corrected chi connectivity index (χ1v) is 22.1. The predicted octanol–water partition coefficient (Wildman–Crippen LogP) is 5.96. The third kappa shape index (κ3) is 18.8. The molecular weight excluding hydrogens is 891 g/mol. The number of alkyl carbamates (subject to hydrolysis) is 4. The Bertz CT molecular complexity index is 2470. The number of amides is 5.